The Morgan fingerprint density at radius 3 is 2.29 bits per heavy atom. The summed E-state index contributed by atoms with van der Waals surface area (Å²) in [4.78, 5) is 24.4. The third-order valence-electron chi connectivity index (χ3n) is 3.08. The molecule has 0 aliphatic carbocycles. The zero-order valence-corrected chi connectivity index (χ0v) is 13.1. The molecule has 5 heteroatoms. The van der Waals surface area contributed by atoms with Crippen molar-refractivity contribution in [1.82, 2.24) is 4.90 Å². The van der Waals surface area contributed by atoms with Crippen molar-refractivity contribution in [2.24, 2.45) is 0 Å². The summed E-state index contributed by atoms with van der Waals surface area (Å²) in [6, 6.07) is 5.95. The molecule has 0 aliphatic heterocycles. The summed E-state index contributed by atoms with van der Waals surface area (Å²) in [6.45, 7) is 4.69. The van der Waals surface area contributed by atoms with Crippen molar-refractivity contribution in [3.63, 3.8) is 0 Å². The number of hydrogen-bond acceptors (Lipinski definition) is 4. The lowest BCUT2D eigenvalue weighted by atomic mass is 10.1. The van der Waals surface area contributed by atoms with Crippen LogP contribution < -0.4 is 4.74 Å². The fourth-order valence-electron chi connectivity index (χ4n) is 1.95. The van der Waals surface area contributed by atoms with E-state index in [9.17, 15) is 9.59 Å². The minimum atomic E-state index is -0.318. The highest BCUT2D eigenvalue weighted by Crippen LogP contribution is 2.16. The average Bonchev–Trinajstić information content (AvgIpc) is 2.43. The smallest absolute Gasteiger partial charge is 0.307 e. The summed E-state index contributed by atoms with van der Waals surface area (Å²) in [5, 5.41) is 0. The maximum atomic E-state index is 11.9. The number of esters is 1. The van der Waals surface area contributed by atoms with E-state index in [0.717, 1.165) is 16.9 Å². The molecule has 0 radical (unpaired) electrons. The molecule has 116 valence electrons. The maximum Gasteiger partial charge on any atom is 0.307 e. The lowest BCUT2D eigenvalue weighted by Crippen LogP contribution is -2.30. The molecule has 0 spiro atoms. The van der Waals surface area contributed by atoms with E-state index in [1.54, 1.807) is 7.05 Å². The Morgan fingerprint density at radius 2 is 1.71 bits per heavy atom. The Bertz CT molecular complexity index is 479. The number of hydrogen-bond donors (Lipinski definition) is 0. The molecule has 5 nitrogen and oxygen atoms in total. The molecule has 0 aromatic heterocycles. The number of carbonyl (C=O) groups excluding carboxylic acids is 2. The van der Waals surface area contributed by atoms with Gasteiger partial charge in [-0.15, -0.1) is 0 Å². The molecule has 0 saturated carbocycles. The molecule has 21 heavy (non-hydrogen) atoms. The Morgan fingerprint density at radius 1 is 1.10 bits per heavy atom. The lowest BCUT2D eigenvalue weighted by Gasteiger charge is -2.16. The first-order chi connectivity index (χ1) is 9.92. The van der Waals surface area contributed by atoms with E-state index in [4.69, 9.17) is 4.74 Å². The van der Waals surface area contributed by atoms with Crippen molar-refractivity contribution < 1.29 is 19.1 Å². The van der Waals surface area contributed by atoms with Crippen molar-refractivity contribution in [3.05, 3.63) is 29.3 Å². The van der Waals surface area contributed by atoms with Crippen LogP contribution in [-0.4, -0.2) is 44.1 Å². The SMILES string of the molecule is COC(=O)CCN(C)C(=O)CCOc1cc(C)cc(C)c1. The highest BCUT2D eigenvalue weighted by molar-refractivity contribution is 5.77. The number of carbonyl (C=O) groups is 2. The third-order valence-corrected chi connectivity index (χ3v) is 3.08. The van der Waals surface area contributed by atoms with Crippen LogP contribution in [0.1, 0.15) is 24.0 Å². The minimum absolute atomic E-state index is 0.0525. The first-order valence-corrected chi connectivity index (χ1v) is 6.94. The van der Waals surface area contributed by atoms with Crippen LogP contribution in [0.15, 0.2) is 18.2 Å². The number of benzene rings is 1. The standard InChI is InChI=1S/C16H23NO4/c1-12-9-13(2)11-14(10-12)21-8-6-15(18)17(3)7-5-16(19)20-4/h9-11H,5-8H2,1-4H3. The van der Waals surface area contributed by atoms with Crippen molar-refractivity contribution in [3.8, 4) is 5.75 Å². The van der Waals surface area contributed by atoms with Gasteiger partial charge in [-0.1, -0.05) is 6.07 Å². The van der Waals surface area contributed by atoms with Crippen molar-refractivity contribution >= 4 is 11.9 Å². The van der Waals surface area contributed by atoms with Crippen LogP contribution in [0.2, 0.25) is 0 Å². The monoisotopic (exact) mass is 293 g/mol. The van der Waals surface area contributed by atoms with E-state index in [1.165, 1.54) is 12.0 Å². The largest absolute Gasteiger partial charge is 0.493 e. The topological polar surface area (TPSA) is 55.8 Å². The van der Waals surface area contributed by atoms with E-state index >= 15 is 0 Å². The number of ether oxygens (including phenoxy) is 2. The molecule has 0 saturated heterocycles. The van der Waals surface area contributed by atoms with E-state index in [0.29, 0.717) is 13.2 Å². The molecule has 0 N–H and O–H groups in total. The van der Waals surface area contributed by atoms with E-state index in [-0.39, 0.29) is 24.7 Å². The highest BCUT2D eigenvalue weighted by atomic mass is 16.5. The Labute approximate surface area is 125 Å². The zero-order chi connectivity index (χ0) is 15.8. The van der Waals surface area contributed by atoms with Gasteiger partial charge in [-0.25, -0.2) is 0 Å². The Balaban J connectivity index is 2.34. The van der Waals surface area contributed by atoms with Gasteiger partial charge in [0.25, 0.3) is 0 Å². The summed E-state index contributed by atoms with van der Waals surface area (Å²) in [5.41, 5.74) is 2.26. The van der Waals surface area contributed by atoms with Crippen LogP contribution >= 0.6 is 0 Å². The quantitative estimate of drug-likeness (QED) is 0.722. The van der Waals surface area contributed by atoms with Gasteiger partial charge in [0, 0.05) is 13.6 Å². The number of aryl methyl sites for hydroxylation is 2. The average molecular weight is 293 g/mol. The third kappa shape index (κ3) is 6.29. The van der Waals surface area contributed by atoms with Crippen LogP contribution in [0.4, 0.5) is 0 Å². The summed E-state index contributed by atoms with van der Waals surface area (Å²) >= 11 is 0. The van der Waals surface area contributed by atoms with Gasteiger partial charge in [-0.2, -0.15) is 0 Å². The number of rotatable bonds is 7. The Hall–Kier alpha value is -2.04. The molecule has 0 fully saturated rings. The number of amides is 1. The normalized spacial score (nSPS) is 10.1. The van der Waals surface area contributed by atoms with Crippen LogP contribution in [-0.2, 0) is 14.3 Å². The predicted octanol–water partition coefficient (Wildman–Crippen LogP) is 2.09. The minimum Gasteiger partial charge on any atom is -0.493 e. The summed E-state index contributed by atoms with van der Waals surface area (Å²) < 4.78 is 10.1. The molecule has 0 unspecified atom stereocenters. The predicted molar refractivity (Wildman–Crippen MR) is 80.3 cm³/mol. The van der Waals surface area contributed by atoms with Gasteiger partial charge >= 0.3 is 5.97 Å². The van der Waals surface area contributed by atoms with Crippen molar-refractivity contribution in [1.29, 1.82) is 0 Å². The van der Waals surface area contributed by atoms with Gasteiger partial charge in [0.2, 0.25) is 5.91 Å². The van der Waals surface area contributed by atoms with Crippen LogP contribution in [0.5, 0.6) is 5.75 Å². The van der Waals surface area contributed by atoms with E-state index < -0.39 is 0 Å². The second-order valence-corrected chi connectivity index (χ2v) is 5.06. The number of methoxy groups -OCH3 is 1. The Kier molecular flexibility index (Phi) is 6.72. The second-order valence-electron chi connectivity index (χ2n) is 5.06. The zero-order valence-electron chi connectivity index (χ0n) is 13.1. The second kappa shape index (κ2) is 8.29. The van der Waals surface area contributed by atoms with Gasteiger partial charge in [-0.3, -0.25) is 9.59 Å². The van der Waals surface area contributed by atoms with Crippen LogP contribution in [0.25, 0.3) is 0 Å². The molecule has 1 rings (SSSR count). The molecule has 0 aliphatic rings. The van der Waals surface area contributed by atoms with Crippen molar-refractivity contribution in [2.45, 2.75) is 26.7 Å². The molecule has 0 atom stereocenters. The van der Waals surface area contributed by atoms with Gasteiger partial charge < -0.3 is 14.4 Å². The maximum absolute atomic E-state index is 11.9. The van der Waals surface area contributed by atoms with Crippen LogP contribution in [0.3, 0.4) is 0 Å². The van der Waals surface area contributed by atoms with Gasteiger partial charge in [0.05, 0.1) is 26.6 Å². The number of nitrogens with zero attached hydrogens (tertiary/aromatic N) is 1. The highest BCUT2D eigenvalue weighted by Gasteiger charge is 2.11. The molecule has 1 amide bonds. The fourth-order valence-corrected chi connectivity index (χ4v) is 1.95. The molecule has 1 aromatic carbocycles. The molecular formula is C16H23NO4. The van der Waals surface area contributed by atoms with E-state index in [1.807, 2.05) is 26.0 Å². The van der Waals surface area contributed by atoms with Gasteiger partial charge in [0.1, 0.15) is 5.75 Å². The lowest BCUT2D eigenvalue weighted by molar-refractivity contribution is -0.141. The molecule has 0 heterocycles. The van der Waals surface area contributed by atoms with Gasteiger partial charge in [0.15, 0.2) is 0 Å². The fraction of sp³-hybridized carbons (Fsp3) is 0.500. The van der Waals surface area contributed by atoms with E-state index in [2.05, 4.69) is 10.8 Å². The summed E-state index contributed by atoms with van der Waals surface area (Å²) in [6.07, 6.45) is 0.487. The molecular weight excluding hydrogens is 270 g/mol. The first-order valence-electron chi connectivity index (χ1n) is 6.94. The van der Waals surface area contributed by atoms with Crippen LogP contribution in [0, 0.1) is 13.8 Å². The molecule has 1 aromatic rings. The summed E-state index contributed by atoms with van der Waals surface area (Å²) in [7, 11) is 3.00. The molecule has 0 bridgehead atoms. The van der Waals surface area contributed by atoms with Gasteiger partial charge in [-0.05, 0) is 37.1 Å². The first kappa shape index (κ1) is 17.0. The van der Waals surface area contributed by atoms with Crippen molar-refractivity contribution in [2.75, 3.05) is 27.3 Å². The summed E-state index contributed by atoms with van der Waals surface area (Å²) in [5.74, 6) is 0.405.